The SMILES string of the molecule is CN=C(NCc1ccc(S(=O)(=O)N2CCCC2)cc1)NCC(C)(C)N1CCCCC1.I. The molecule has 1 aromatic rings. The van der Waals surface area contributed by atoms with Crippen LogP contribution in [0.2, 0.25) is 0 Å². The number of aliphatic imine (C=N–C) groups is 1. The summed E-state index contributed by atoms with van der Waals surface area (Å²) in [6.45, 7) is 9.54. The van der Waals surface area contributed by atoms with Crippen molar-refractivity contribution in [2.75, 3.05) is 39.8 Å². The lowest BCUT2D eigenvalue weighted by molar-refractivity contribution is 0.0982. The molecule has 2 N–H and O–H groups in total. The number of nitrogens with one attached hydrogen (secondary N) is 2. The lowest BCUT2D eigenvalue weighted by Crippen LogP contribution is -2.54. The van der Waals surface area contributed by atoms with Gasteiger partial charge in [0.25, 0.3) is 0 Å². The minimum Gasteiger partial charge on any atom is -0.355 e. The first-order valence-electron chi connectivity index (χ1n) is 11.1. The molecule has 0 unspecified atom stereocenters. The zero-order valence-electron chi connectivity index (χ0n) is 19.1. The van der Waals surface area contributed by atoms with Crippen LogP contribution in [0.4, 0.5) is 0 Å². The molecule has 2 heterocycles. The molecule has 9 heteroatoms. The molecule has 176 valence electrons. The van der Waals surface area contributed by atoms with Crippen LogP contribution in [-0.2, 0) is 16.6 Å². The van der Waals surface area contributed by atoms with Crippen molar-refractivity contribution in [3.05, 3.63) is 29.8 Å². The van der Waals surface area contributed by atoms with E-state index in [0.717, 1.165) is 44.0 Å². The highest BCUT2D eigenvalue weighted by Gasteiger charge is 2.28. The van der Waals surface area contributed by atoms with Gasteiger partial charge < -0.3 is 10.6 Å². The minimum absolute atomic E-state index is 0. The van der Waals surface area contributed by atoms with Gasteiger partial charge in [-0.3, -0.25) is 9.89 Å². The van der Waals surface area contributed by atoms with Gasteiger partial charge in [-0.05, 0) is 70.3 Å². The molecule has 3 rings (SSSR count). The van der Waals surface area contributed by atoms with Gasteiger partial charge in [-0.15, -0.1) is 24.0 Å². The van der Waals surface area contributed by atoms with E-state index in [-0.39, 0.29) is 29.5 Å². The highest BCUT2D eigenvalue weighted by atomic mass is 127. The maximum absolute atomic E-state index is 12.6. The second-order valence-corrected chi connectivity index (χ2v) is 10.8. The average molecular weight is 564 g/mol. The number of guanidine groups is 1. The molecule has 0 spiro atoms. The number of benzene rings is 1. The molecule has 0 amide bonds. The topological polar surface area (TPSA) is 77.0 Å². The lowest BCUT2D eigenvalue weighted by atomic mass is 9.98. The molecule has 0 aromatic heterocycles. The van der Waals surface area contributed by atoms with Crippen LogP contribution < -0.4 is 10.6 Å². The van der Waals surface area contributed by atoms with Crippen LogP contribution in [-0.4, -0.2) is 68.9 Å². The second kappa shape index (κ2) is 11.8. The molecule has 1 aromatic carbocycles. The summed E-state index contributed by atoms with van der Waals surface area (Å²) in [5, 5.41) is 6.78. The Kier molecular flexibility index (Phi) is 10.0. The van der Waals surface area contributed by atoms with Gasteiger partial charge in [-0.25, -0.2) is 8.42 Å². The normalized spacial score (nSPS) is 19.1. The van der Waals surface area contributed by atoms with Gasteiger partial charge >= 0.3 is 0 Å². The molecule has 2 saturated heterocycles. The third-order valence-corrected chi connectivity index (χ3v) is 8.12. The van der Waals surface area contributed by atoms with Crippen LogP contribution in [0.1, 0.15) is 51.5 Å². The molecule has 0 radical (unpaired) electrons. The van der Waals surface area contributed by atoms with Gasteiger partial charge in [0.1, 0.15) is 0 Å². The maximum atomic E-state index is 12.6. The van der Waals surface area contributed by atoms with E-state index in [9.17, 15) is 8.42 Å². The third-order valence-electron chi connectivity index (χ3n) is 6.21. The quantitative estimate of drug-likeness (QED) is 0.303. The first kappa shape index (κ1) is 26.3. The fraction of sp³-hybridized carbons (Fsp3) is 0.682. The van der Waals surface area contributed by atoms with Gasteiger partial charge in [0.05, 0.1) is 4.90 Å². The Morgan fingerprint density at radius 1 is 0.968 bits per heavy atom. The number of nitrogens with zero attached hydrogens (tertiary/aromatic N) is 3. The predicted molar refractivity (Wildman–Crippen MR) is 138 cm³/mol. The van der Waals surface area contributed by atoms with Crippen LogP contribution in [0.15, 0.2) is 34.2 Å². The molecule has 0 bridgehead atoms. The molecule has 0 atom stereocenters. The van der Waals surface area contributed by atoms with Crippen molar-refractivity contribution in [2.45, 2.75) is 62.9 Å². The molecule has 2 fully saturated rings. The summed E-state index contributed by atoms with van der Waals surface area (Å²) in [5.74, 6) is 0.758. The van der Waals surface area contributed by atoms with Gasteiger partial charge in [-0.1, -0.05) is 18.6 Å². The highest BCUT2D eigenvalue weighted by Crippen LogP contribution is 2.21. The molecule has 31 heavy (non-hydrogen) atoms. The average Bonchev–Trinajstić information content (AvgIpc) is 3.31. The number of sulfonamides is 1. The van der Waals surface area contributed by atoms with Crippen molar-refractivity contribution in [1.29, 1.82) is 0 Å². The predicted octanol–water partition coefficient (Wildman–Crippen LogP) is 3.02. The fourth-order valence-corrected chi connectivity index (χ4v) is 5.69. The lowest BCUT2D eigenvalue weighted by Gasteiger charge is -2.41. The maximum Gasteiger partial charge on any atom is 0.243 e. The van der Waals surface area contributed by atoms with Gasteiger partial charge in [0, 0.05) is 38.8 Å². The number of piperidine rings is 1. The van der Waals surface area contributed by atoms with Crippen LogP contribution in [0.5, 0.6) is 0 Å². The van der Waals surface area contributed by atoms with E-state index in [0.29, 0.717) is 24.5 Å². The summed E-state index contributed by atoms with van der Waals surface area (Å²) >= 11 is 0. The van der Waals surface area contributed by atoms with Gasteiger partial charge in [0.2, 0.25) is 10.0 Å². The van der Waals surface area contributed by atoms with E-state index >= 15 is 0 Å². The third kappa shape index (κ3) is 7.03. The van der Waals surface area contributed by atoms with E-state index < -0.39 is 10.0 Å². The van der Waals surface area contributed by atoms with Crippen molar-refractivity contribution in [3.8, 4) is 0 Å². The zero-order valence-corrected chi connectivity index (χ0v) is 22.2. The first-order chi connectivity index (χ1) is 14.3. The molecule has 2 aliphatic rings. The Labute approximate surface area is 205 Å². The largest absolute Gasteiger partial charge is 0.355 e. The van der Waals surface area contributed by atoms with E-state index in [1.54, 1.807) is 23.5 Å². The monoisotopic (exact) mass is 563 g/mol. The molecule has 2 aliphatic heterocycles. The Balaban J connectivity index is 0.00000341. The van der Waals surface area contributed by atoms with Gasteiger partial charge in [-0.2, -0.15) is 4.31 Å². The standard InChI is InChI=1S/C22H37N5O2S.HI/c1-22(2,26-13-5-4-6-14-26)18-25-21(23-3)24-17-19-9-11-20(12-10-19)30(28,29)27-15-7-8-16-27;/h9-12H,4-8,13-18H2,1-3H3,(H2,23,24,25);1H. The molecular formula is C22H38IN5O2S. The smallest absolute Gasteiger partial charge is 0.243 e. The number of hydrogen-bond donors (Lipinski definition) is 2. The Morgan fingerprint density at radius 3 is 2.13 bits per heavy atom. The van der Waals surface area contributed by atoms with Crippen molar-refractivity contribution < 1.29 is 8.42 Å². The van der Waals surface area contributed by atoms with Crippen LogP contribution in [0.3, 0.4) is 0 Å². The summed E-state index contributed by atoms with van der Waals surface area (Å²) in [4.78, 5) is 7.26. The van der Waals surface area contributed by atoms with Crippen LogP contribution >= 0.6 is 24.0 Å². The first-order valence-corrected chi connectivity index (χ1v) is 12.6. The summed E-state index contributed by atoms with van der Waals surface area (Å²) in [5.41, 5.74) is 1.09. The number of rotatable bonds is 7. The summed E-state index contributed by atoms with van der Waals surface area (Å²) in [6.07, 6.45) is 5.78. The summed E-state index contributed by atoms with van der Waals surface area (Å²) in [6, 6.07) is 7.17. The van der Waals surface area contributed by atoms with E-state index in [1.807, 2.05) is 12.1 Å². The molecule has 0 saturated carbocycles. The van der Waals surface area contributed by atoms with Crippen LogP contribution in [0, 0.1) is 0 Å². The van der Waals surface area contributed by atoms with Crippen LogP contribution in [0.25, 0.3) is 0 Å². The Bertz CT molecular complexity index is 815. The zero-order chi connectivity index (χ0) is 21.6. The summed E-state index contributed by atoms with van der Waals surface area (Å²) in [7, 11) is -1.58. The minimum atomic E-state index is -3.35. The van der Waals surface area contributed by atoms with Gasteiger partial charge in [0.15, 0.2) is 5.96 Å². The number of hydrogen-bond acceptors (Lipinski definition) is 4. The Hall–Kier alpha value is -0.910. The second-order valence-electron chi connectivity index (χ2n) is 8.89. The summed E-state index contributed by atoms with van der Waals surface area (Å²) < 4.78 is 26.9. The van der Waals surface area contributed by atoms with Crippen molar-refractivity contribution in [2.24, 2.45) is 4.99 Å². The number of likely N-dealkylation sites (tertiary alicyclic amines) is 1. The molecular weight excluding hydrogens is 525 g/mol. The van der Waals surface area contributed by atoms with Crippen molar-refractivity contribution in [3.63, 3.8) is 0 Å². The number of halogens is 1. The van der Waals surface area contributed by atoms with Crippen molar-refractivity contribution in [1.82, 2.24) is 19.8 Å². The van der Waals surface area contributed by atoms with E-state index in [4.69, 9.17) is 0 Å². The highest BCUT2D eigenvalue weighted by molar-refractivity contribution is 14.0. The molecule has 0 aliphatic carbocycles. The Morgan fingerprint density at radius 2 is 1.55 bits per heavy atom. The van der Waals surface area contributed by atoms with E-state index in [1.165, 1.54) is 19.3 Å². The van der Waals surface area contributed by atoms with Crippen molar-refractivity contribution >= 4 is 40.0 Å². The molecule has 7 nitrogen and oxygen atoms in total. The van der Waals surface area contributed by atoms with E-state index in [2.05, 4.69) is 34.4 Å². The fourth-order valence-electron chi connectivity index (χ4n) is 4.17.